The Labute approximate surface area is 116 Å². The second kappa shape index (κ2) is 7.08. The average molecular weight is 272 g/mol. The fourth-order valence-corrected chi connectivity index (χ4v) is 1.71. The van der Waals surface area contributed by atoms with Crippen LogP contribution in [-0.4, -0.2) is 27.6 Å². The number of oxime groups is 1. The maximum Gasteiger partial charge on any atom is 0.188 e. The first-order valence-electron chi connectivity index (χ1n) is 6.25. The lowest BCUT2D eigenvalue weighted by atomic mass is 10.1. The topological polar surface area (TPSA) is 93.6 Å². The highest BCUT2D eigenvalue weighted by molar-refractivity contribution is 5.95. The number of pyridine rings is 2. The minimum absolute atomic E-state index is 0.0350. The van der Waals surface area contributed by atoms with Gasteiger partial charge in [-0.05, 0) is 36.6 Å². The van der Waals surface area contributed by atoms with Gasteiger partial charge in [-0.15, -0.1) is 0 Å². The van der Waals surface area contributed by atoms with Crippen LogP contribution in [0.5, 0.6) is 5.75 Å². The Kier molecular flexibility index (Phi) is 4.88. The molecule has 104 valence electrons. The molecule has 2 aromatic rings. The maximum absolute atomic E-state index is 8.60. The van der Waals surface area contributed by atoms with Crippen LogP contribution in [0.4, 0.5) is 0 Å². The third kappa shape index (κ3) is 3.94. The SMILES string of the molecule is NC(=NO)c1cc(OCCCc2ccncc2)ccn1. The van der Waals surface area contributed by atoms with Crippen LogP contribution in [0.15, 0.2) is 48.0 Å². The molecule has 0 unspecified atom stereocenters. The van der Waals surface area contributed by atoms with Crippen LogP contribution >= 0.6 is 0 Å². The third-order valence-corrected chi connectivity index (χ3v) is 2.73. The average Bonchev–Trinajstić information content (AvgIpc) is 2.52. The fourth-order valence-electron chi connectivity index (χ4n) is 1.71. The standard InChI is InChI=1S/C14H16N4O2/c15-14(18-19)13-10-12(5-8-17-13)20-9-1-2-11-3-6-16-7-4-11/h3-8,10,19H,1-2,9H2,(H2,15,18). The smallest absolute Gasteiger partial charge is 0.188 e. The second-order valence-corrected chi connectivity index (χ2v) is 4.17. The van der Waals surface area contributed by atoms with Crippen LogP contribution < -0.4 is 10.5 Å². The van der Waals surface area contributed by atoms with E-state index in [1.165, 1.54) is 5.56 Å². The first-order valence-corrected chi connectivity index (χ1v) is 6.25. The van der Waals surface area contributed by atoms with Gasteiger partial charge in [0, 0.05) is 24.7 Å². The number of nitrogens with zero attached hydrogens (tertiary/aromatic N) is 3. The molecule has 0 bridgehead atoms. The molecule has 0 aromatic carbocycles. The van der Waals surface area contributed by atoms with Crippen molar-refractivity contribution in [3.05, 3.63) is 54.1 Å². The minimum Gasteiger partial charge on any atom is -0.493 e. The number of ether oxygens (including phenoxy) is 1. The molecule has 0 amide bonds. The van der Waals surface area contributed by atoms with Crippen LogP contribution in [0.25, 0.3) is 0 Å². The first-order chi connectivity index (χ1) is 9.79. The van der Waals surface area contributed by atoms with Crippen molar-refractivity contribution in [2.45, 2.75) is 12.8 Å². The Morgan fingerprint density at radius 3 is 2.80 bits per heavy atom. The number of rotatable bonds is 6. The van der Waals surface area contributed by atoms with E-state index in [4.69, 9.17) is 15.7 Å². The molecule has 0 spiro atoms. The summed E-state index contributed by atoms with van der Waals surface area (Å²) >= 11 is 0. The molecule has 2 aromatic heterocycles. The second-order valence-electron chi connectivity index (χ2n) is 4.17. The predicted octanol–water partition coefficient (Wildman–Crippen LogP) is 1.58. The molecule has 6 nitrogen and oxygen atoms in total. The summed E-state index contributed by atoms with van der Waals surface area (Å²) in [5.74, 6) is 0.614. The van der Waals surface area contributed by atoms with Crippen molar-refractivity contribution in [3.63, 3.8) is 0 Å². The Morgan fingerprint density at radius 1 is 1.25 bits per heavy atom. The van der Waals surface area contributed by atoms with Gasteiger partial charge in [0.15, 0.2) is 5.84 Å². The predicted molar refractivity (Wildman–Crippen MR) is 74.8 cm³/mol. The van der Waals surface area contributed by atoms with E-state index in [0.29, 0.717) is 18.1 Å². The van der Waals surface area contributed by atoms with Gasteiger partial charge in [-0.2, -0.15) is 0 Å². The summed E-state index contributed by atoms with van der Waals surface area (Å²) in [6.07, 6.45) is 6.95. The van der Waals surface area contributed by atoms with Gasteiger partial charge in [-0.25, -0.2) is 0 Å². The van der Waals surface area contributed by atoms with Gasteiger partial charge in [0.05, 0.1) is 6.61 Å². The van der Waals surface area contributed by atoms with Gasteiger partial charge < -0.3 is 15.7 Å². The number of nitrogens with two attached hydrogens (primary N) is 1. The quantitative estimate of drug-likeness (QED) is 0.274. The number of aromatic nitrogens is 2. The van der Waals surface area contributed by atoms with E-state index < -0.39 is 0 Å². The van der Waals surface area contributed by atoms with Gasteiger partial charge in [0.1, 0.15) is 11.4 Å². The Balaban J connectivity index is 1.82. The number of amidine groups is 1. The third-order valence-electron chi connectivity index (χ3n) is 2.73. The van der Waals surface area contributed by atoms with Crippen molar-refractivity contribution in [1.82, 2.24) is 9.97 Å². The van der Waals surface area contributed by atoms with Gasteiger partial charge in [0.25, 0.3) is 0 Å². The lowest BCUT2D eigenvalue weighted by Gasteiger charge is -2.07. The molecule has 2 rings (SSSR count). The molecule has 0 saturated heterocycles. The molecule has 20 heavy (non-hydrogen) atoms. The van der Waals surface area contributed by atoms with Gasteiger partial charge in [-0.1, -0.05) is 5.16 Å². The van der Waals surface area contributed by atoms with Gasteiger partial charge >= 0.3 is 0 Å². The van der Waals surface area contributed by atoms with E-state index in [2.05, 4.69) is 15.1 Å². The van der Waals surface area contributed by atoms with Crippen LogP contribution in [0.2, 0.25) is 0 Å². The highest BCUT2D eigenvalue weighted by atomic mass is 16.5. The zero-order chi connectivity index (χ0) is 14.2. The van der Waals surface area contributed by atoms with E-state index in [-0.39, 0.29) is 5.84 Å². The van der Waals surface area contributed by atoms with Crippen molar-refractivity contribution in [2.24, 2.45) is 10.9 Å². The molecule has 3 N–H and O–H groups in total. The summed E-state index contributed by atoms with van der Waals surface area (Å²) < 4.78 is 5.62. The van der Waals surface area contributed by atoms with Crippen molar-refractivity contribution < 1.29 is 9.94 Å². The molecule has 0 fully saturated rings. The molecule has 0 atom stereocenters. The van der Waals surface area contributed by atoms with E-state index in [0.717, 1.165) is 12.8 Å². The Morgan fingerprint density at radius 2 is 2.05 bits per heavy atom. The molecular weight excluding hydrogens is 256 g/mol. The molecule has 0 aliphatic heterocycles. The number of hydrogen-bond acceptors (Lipinski definition) is 5. The first kappa shape index (κ1) is 13.8. The van der Waals surface area contributed by atoms with E-state index >= 15 is 0 Å². The van der Waals surface area contributed by atoms with Crippen molar-refractivity contribution in [2.75, 3.05) is 6.61 Å². The molecule has 0 radical (unpaired) electrons. The zero-order valence-electron chi connectivity index (χ0n) is 10.9. The summed E-state index contributed by atoms with van der Waals surface area (Å²) in [5.41, 5.74) is 7.09. The van der Waals surface area contributed by atoms with Crippen LogP contribution in [0.3, 0.4) is 0 Å². The molecule has 0 aliphatic carbocycles. The normalized spacial score (nSPS) is 11.3. The lowest BCUT2D eigenvalue weighted by molar-refractivity contribution is 0.310. The minimum atomic E-state index is -0.0350. The molecule has 6 heteroatoms. The van der Waals surface area contributed by atoms with E-state index in [1.807, 2.05) is 12.1 Å². The number of hydrogen-bond donors (Lipinski definition) is 2. The summed E-state index contributed by atoms with van der Waals surface area (Å²) in [4.78, 5) is 7.96. The highest BCUT2D eigenvalue weighted by Crippen LogP contribution is 2.11. The molecule has 0 saturated carbocycles. The Bertz CT molecular complexity index is 572. The molecule has 2 heterocycles. The molecule has 0 aliphatic rings. The van der Waals surface area contributed by atoms with Crippen LogP contribution in [-0.2, 0) is 6.42 Å². The van der Waals surface area contributed by atoms with E-state index in [1.54, 1.807) is 30.7 Å². The largest absolute Gasteiger partial charge is 0.493 e. The summed E-state index contributed by atoms with van der Waals surface area (Å²) in [5, 5.41) is 11.5. The summed E-state index contributed by atoms with van der Waals surface area (Å²) in [6, 6.07) is 7.36. The maximum atomic E-state index is 8.60. The zero-order valence-corrected chi connectivity index (χ0v) is 10.9. The van der Waals surface area contributed by atoms with Crippen molar-refractivity contribution in [1.29, 1.82) is 0 Å². The fraction of sp³-hybridized carbons (Fsp3) is 0.214. The van der Waals surface area contributed by atoms with Gasteiger partial charge in [-0.3, -0.25) is 9.97 Å². The summed E-state index contributed by atoms with van der Waals surface area (Å²) in [6.45, 7) is 0.585. The van der Waals surface area contributed by atoms with Gasteiger partial charge in [0.2, 0.25) is 0 Å². The van der Waals surface area contributed by atoms with Crippen molar-refractivity contribution >= 4 is 5.84 Å². The number of aryl methyl sites for hydroxylation is 1. The summed E-state index contributed by atoms with van der Waals surface area (Å²) in [7, 11) is 0. The lowest BCUT2D eigenvalue weighted by Crippen LogP contribution is -2.15. The Hall–Kier alpha value is -2.63. The highest BCUT2D eigenvalue weighted by Gasteiger charge is 2.03. The van der Waals surface area contributed by atoms with Crippen LogP contribution in [0, 0.1) is 0 Å². The monoisotopic (exact) mass is 272 g/mol. The van der Waals surface area contributed by atoms with E-state index in [9.17, 15) is 0 Å². The van der Waals surface area contributed by atoms with Crippen molar-refractivity contribution in [3.8, 4) is 5.75 Å². The molecular formula is C14H16N4O2. The van der Waals surface area contributed by atoms with Crippen LogP contribution in [0.1, 0.15) is 17.7 Å².